The zero-order valence-electron chi connectivity index (χ0n) is 9.48. The predicted octanol–water partition coefficient (Wildman–Crippen LogP) is 2.11. The highest BCUT2D eigenvalue weighted by Gasteiger charge is 2.02. The van der Waals surface area contributed by atoms with Crippen LogP contribution in [0, 0.1) is 0 Å². The van der Waals surface area contributed by atoms with Crippen molar-refractivity contribution in [1.82, 2.24) is 15.5 Å². The third-order valence-corrected chi connectivity index (χ3v) is 3.39. The Hall–Kier alpha value is -1.62. The van der Waals surface area contributed by atoms with Crippen molar-refractivity contribution in [2.45, 2.75) is 25.8 Å². The van der Waals surface area contributed by atoms with E-state index in [4.69, 9.17) is 0 Å². The summed E-state index contributed by atoms with van der Waals surface area (Å²) in [6, 6.07) is 4.15. The molecular weight excluding hydrogens is 234 g/mol. The first kappa shape index (κ1) is 11.9. The van der Waals surface area contributed by atoms with Crippen molar-refractivity contribution in [3.8, 4) is 0 Å². The molecule has 0 aromatic carbocycles. The highest BCUT2D eigenvalue weighted by molar-refractivity contribution is 7.09. The molecule has 0 radical (unpaired) electrons. The maximum atomic E-state index is 11.5. The van der Waals surface area contributed by atoms with E-state index in [1.54, 1.807) is 23.7 Å². The Morgan fingerprint density at radius 3 is 3.18 bits per heavy atom. The lowest BCUT2D eigenvalue weighted by atomic mass is 10.2. The lowest BCUT2D eigenvalue weighted by Crippen LogP contribution is -2.22. The zero-order chi connectivity index (χ0) is 11.9. The summed E-state index contributed by atoms with van der Waals surface area (Å²) in [5, 5.41) is 11.5. The number of rotatable bonds is 6. The standard InChI is InChI=1S/C12H15N3OS/c16-12(13-7-10-8-14-15-9-10)5-1-3-11-4-2-6-17-11/h2,4,6,8-9H,1,3,5,7H2,(H,13,16)(H,14,15). The highest BCUT2D eigenvalue weighted by atomic mass is 32.1. The van der Waals surface area contributed by atoms with Gasteiger partial charge in [0.1, 0.15) is 0 Å². The van der Waals surface area contributed by atoms with Gasteiger partial charge in [-0.3, -0.25) is 9.89 Å². The van der Waals surface area contributed by atoms with Crippen molar-refractivity contribution < 1.29 is 4.79 Å². The monoisotopic (exact) mass is 249 g/mol. The van der Waals surface area contributed by atoms with Crippen molar-refractivity contribution in [3.63, 3.8) is 0 Å². The van der Waals surface area contributed by atoms with E-state index in [9.17, 15) is 4.79 Å². The molecule has 0 bridgehead atoms. The third kappa shape index (κ3) is 4.03. The molecule has 0 spiro atoms. The molecule has 90 valence electrons. The Bertz CT molecular complexity index is 436. The van der Waals surface area contributed by atoms with E-state index in [-0.39, 0.29) is 5.91 Å². The van der Waals surface area contributed by atoms with Crippen molar-refractivity contribution in [2.75, 3.05) is 0 Å². The Morgan fingerprint density at radius 1 is 1.53 bits per heavy atom. The maximum Gasteiger partial charge on any atom is 0.220 e. The minimum atomic E-state index is 0.0998. The van der Waals surface area contributed by atoms with Gasteiger partial charge >= 0.3 is 0 Å². The molecule has 0 aliphatic heterocycles. The van der Waals surface area contributed by atoms with Gasteiger partial charge in [-0.2, -0.15) is 5.10 Å². The summed E-state index contributed by atoms with van der Waals surface area (Å²) in [7, 11) is 0. The summed E-state index contributed by atoms with van der Waals surface area (Å²) < 4.78 is 0. The molecule has 0 aliphatic carbocycles. The summed E-state index contributed by atoms with van der Waals surface area (Å²) in [5.41, 5.74) is 0.997. The average Bonchev–Trinajstić information content (AvgIpc) is 2.99. The molecule has 0 unspecified atom stereocenters. The number of H-pyrrole nitrogens is 1. The van der Waals surface area contributed by atoms with Crippen molar-refractivity contribution in [1.29, 1.82) is 0 Å². The van der Waals surface area contributed by atoms with Crippen LogP contribution < -0.4 is 5.32 Å². The number of aromatic amines is 1. The van der Waals surface area contributed by atoms with E-state index >= 15 is 0 Å². The fourth-order valence-corrected chi connectivity index (χ4v) is 2.29. The van der Waals surface area contributed by atoms with Crippen LogP contribution in [0.3, 0.4) is 0 Å². The van der Waals surface area contributed by atoms with E-state index in [2.05, 4.69) is 27.0 Å². The largest absolute Gasteiger partial charge is 0.352 e. The van der Waals surface area contributed by atoms with Crippen LogP contribution in [0.15, 0.2) is 29.9 Å². The van der Waals surface area contributed by atoms with E-state index in [1.807, 2.05) is 6.07 Å². The van der Waals surface area contributed by atoms with Gasteiger partial charge in [-0.05, 0) is 24.3 Å². The van der Waals surface area contributed by atoms with Crippen LogP contribution >= 0.6 is 11.3 Å². The smallest absolute Gasteiger partial charge is 0.220 e. The van der Waals surface area contributed by atoms with Gasteiger partial charge in [-0.1, -0.05) is 6.07 Å². The van der Waals surface area contributed by atoms with Crippen LogP contribution in [-0.4, -0.2) is 16.1 Å². The van der Waals surface area contributed by atoms with Crippen LogP contribution in [-0.2, 0) is 17.8 Å². The van der Waals surface area contributed by atoms with Gasteiger partial charge in [0.05, 0.1) is 6.20 Å². The van der Waals surface area contributed by atoms with E-state index in [0.717, 1.165) is 18.4 Å². The van der Waals surface area contributed by atoms with E-state index in [0.29, 0.717) is 13.0 Å². The first-order valence-electron chi connectivity index (χ1n) is 5.61. The van der Waals surface area contributed by atoms with Gasteiger partial charge in [0.25, 0.3) is 0 Å². The second-order valence-electron chi connectivity index (χ2n) is 3.82. The fraction of sp³-hybridized carbons (Fsp3) is 0.333. The number of aromatic nitrogens is 2. The summed E-state index contributed by atoms with van der Waals surface area (Å²) in [5.74, 6) is 0.0998. The van der Waals surface area contributed by atoms with Gasteiger partial charge in [0.2, 0.25) is 5.91 Å². The molecule has 2 heterocycles. The molecule has 4 nitrogen and oxygen atoms in total. The molecular formula is C12H15N3OS. The summed E-state index contributed by atoms with van der Waals surface area (Å²) in [6.45, 7) is 0.550. The molecule has 1 amide bonds. The van der Waals surface area contributed by atoms with Gasteiger partial charge in [-0.15, -0.1) is 11.3 Å². The molecule has 5 heteroatoms. The predicted molar refractivity (Wildman–Crippen MR) is 67.7 cm³/mol. The van der Waals surface area contributed by atoms with Crippen molar-refractivity contribution >= 4 is 17.2 Å². The number of aryl methyl sites for hydroxylation is 1. The van der Waals surface area contributed by atoms with Crippen LogP contribution in [0.2, 0.25) is 0 Å². The second kappa shape index (κ2) is 6.20. The average molecular weight is 249 g/mol. The summed E-state index contributed by atoms with van der Waals surface area (Å²) in [4.78, 5) is 12.9. The topological polar surface area (TPSA) is 57.8 Å². The third-order valence-electron chi connectivity index (χ3n) is 2.45. The van der Waals surface area contributed by atoms with Gasteiger partial charge in [0.15, 0.2) is 0 Å². The number of nitrogens with zero attached hydrogens (tertiary/aromatic N) is 1. The Morgan fingerprint density at radius 2 is 2.47 bits per heavy atom. The molecule has 0 saturated carbocycles. The quantitative estimate of drug-likeness (QED) is 0.823. The zero-order valence-corrected chi connectivity index (χ0v) is 10.3. The van der Waals surface area contributed by atoms with E-state index < -0.39 is 0 Å². The Kier molecular flexibility index (Phi) is 4.32. The van der Waals surface area contributed by atoms with Crippen molar-refractivity contribution in [2.24, 2.45) is 0 Å². The molecule has 0 fully saturated rings. The van der Waals surface area contributed by atoms with Gasteiger partial charge < -0.3 is 5.32 Å². The number of carbonyl (C=O) groups is 1. The lowest BCUT2D eigenvalue weighted by molar-refractivity contribution is -0.121. The molecule has 0 aliphatic rings. The number of hydrogen-bond donors (Lipinski definition) is 2. The molecule has 2 aromatic heterocycles. The van der Waals surface area contributed by atoms with Gasteiger partial charge in [0, 0.05) is 29.6 Å². The first-order chi connectivity index (χ1) is 8.34. The summed E-state index contributed by atoms with van der Waals surface area (Å²) in [6.07, 6.45) is 5.96. The molecule has 0 atom stereocenters. The number of thiophene rings is 1. The summed E-state index contributed by atoms with van der Waals surface area (Å²) >= 11 is 1.74. The van der Waals surface area contributed by atoms with Crippen molar-refractivity contribution in [3.05, 3.63) is 40.3 Å². The molecule has 2 rings (SSSR count). The number of carbonyl (C=O) groups excluding carboxylic acids is 1. The molecule has 2 aromatic rings. The number of hydrogen-bond acceptors (Lipinski definition) is 3. The number of amides is 1. The Labute approximate surface area is 104 Å². The second-order valence-corrected chi connectivity index (χ2v) is 4.85. The number of nitrogens with one attached hydrogen (secondary N) is 2. The molecule has 2 N–H and O–H groups in total. The normalized spacial score (nSPS) is 10.4. The van der Waals surface area contributed by atoms with Crippen LogP contribution in [0.25, 0.3) is 0 Å². The highest BCUT2D eigenvalue weighted by Crippen LogP contribution is 2.11. The first-order valence-corrected chi connectivity index (χ1v) is 6.49. The minimum absolute atomic E-state index is 0.0998. The molecule has 0 saturated heterocycles. The SMILES string of the molecule is O=C(CCCc1cccs1)NCc1cn[nH]c1. The van der Waals surface area contributed by atoms with Gasteiger partial charge in [-0.25, -0.2) is 0 Å². The Balaban J connectivity index is 1.61. The van der Waals surface area contributed by atoms with Crippen LogP contribution in [0.4, 0.5) is 0 Å². The maximum absolute atomic E-state index is 11.5. The lowest BCUT2D eigenvalue weighted by Gasteiger charge is -2.02. The van der Waals surface area contributed by atoms with E-state index in [1.165, 1.54) is 4.88 Å². The minimum Gasteiger partial charge on any atom is -0.352 e. The molecule has 17 heavy (non-hydrogen) atoms. The van der Waals surface area contributed by atoms with Crippen LogP contribution in [0.1, 0.15) is 23.3 Å². The van der Waals surface area contributed by atoms with Crippen LogP contribution in [0.5, 0.6) is 0 Å². The fourth-order valence-electron chi connectivity index (χ4n) is 1.54.